The Hall–Kier alpha value is -4.13. The molecule has 1 aromatic heterocycles. The summed E-state index contributed by atoms with van der Waals surface area (Å²) < 4.78 is 14.0. The number of nitrogens with zero attached hydrogens (tertiary/aromatic N) is 1. The SMILES string of the molecule is Fc1ccc(-c2c(Cc3ccccc3P(c3ccccc3)c3ccccc3)c(C3CC3)nc3ccccc23)cc1. The van der Waals surface area contributed by atoms with Crippen molar-refractivity contribution in [3.05, 3.63) is 156 Å². The van der Waals surface area contributed by atoms with Crippen LogP contribution in [0.2, 0.25) is 0 Å². The Labute approximate surface area is 236 Å². The summed E-state index contributed by atoms with van der Waals surface area (Å²) >= 11 is 0. The lowest BCUT2D eigenvalue weighted by Gasteiger charge is -2.24. The summed E-state index contributed by atoms with van der Waals surface area (Å²) in [5, 5.41) is 5.18. The van der Waals surface area contributed by atoms with Crippen LogP contribution in [-0.4, -0.2) is 4.98 Å². The number of para-hydroxylation sites is 1. The molecule has 1 heterocycles. The molecular formula is C37H29FNP. The molecule has 3 heteroatoms. The predicted molar refractivity (Wildman–Crippen MR) is 167 cm³/mol. The number of benzene rings is 5. The van der Waals surface area contributed by atoms with Crippen molar-refractivity contribution < 1.29 is 4.39 Å². The van der Waals surface area contributed by atoms with E-state index in [4.69, 9.17) is 4.98 Å². The molecule has 0 bridgehead atoms. The first-order valence-electron chi connectivity index (χ1n) is 13.9. The Balaban J connectivity index is 1.45. The first kappa shape index (κ1) is 24.9. The predicted octanol–water partition coefficient (Wildman–Crippen LogP) is 8.27. The average Bonchev–Trinajstić information content (AvgIpc) is 3.85. The van der Waals surface area contributed by atoms with E-state index in [0.29, 0.717) is 5.92 Å². The molecule has 0 amide bonds. The van der Waals surface area contributed by atoms with Gasteiger partial charge in [-0.2, -0.15) is 0 Å². The standard InChI is InChI=1S/C37H29FNP/c38-29-23-21-26(22-24-29)36-32-16-8-9-17-34(32)39-37(27-19-20-27)33(36)25-28-11-7-10-18-35(28)40(30-12-3-1-4-13-30)31-14-5-2-6-15-31/h1-18,21-24,27H,19-20,25H2. The fourth-order valence-electron chi connectivity index (χ4n) is 5.74. The van der Waals surface area contributed by atoms with E-state index in [1.54, 1.807) is 12.1 Å². The molecule has 1 nitrogen and oxygen atoms in total. The number of pyridine rings is 1. The van der Waals surface area contributed by atoms with E-state index in [1.807, 2.05) is 12.1 Å². The molecular weight excluding hydrogens is 508 g/mol. The van der Waals surface area contributed by atoms with Crippen molar-refractivity contribution in [3.63, 3.8) is 0 Å². The van der Waals surface area contributed by atoms with Crippen LogP contribution in [0.25, 0.3) is 22.0 Å². The fraction of sp³-hybridized carbons (Fsp3) is 0.108. The third-order valence-corrected chi connectivity index (χ3v) is 10.3. The number of aromatic nitrogens is 1. The highest BCUT2D eigenvalue weighted by molar-refractivity contribution is 7.79. The van der Waals surface area contributed by atoms with Gasteiger partial charge in [0.1, 0.15) is 5.82 Å². The van der Waals surface area contributed by atoms with Gasteiger partial charge in [-0.15, -0.1) is 0 Å². The molecule has 0 aliphatic heterocycles. The fourth-order valence-corrected chi connectivity index (χ4v) is 8.21. The lowest BCUT2D eigenvalue weighted by atomic mass is 9.89. The summed E-state index contributed by atoms with van der Waals surface area (Å²) in [4.78, 5) is 5.26. The van der Waals surface area contributed by atoms with Crippen LogP contribution in [0.5, 0.6) is 0 Å². The maximum absolute atomic E-state index is 14.0. The van der Waals surface area contributed by atoms with E-state index < -0.39 is 7.92 Å². The third-order valence-electron chi connectivity index (χ3n) is 7.75. The zero-order chi connectivity index (χ0) is 26.9. The molecule has 194 valence electrons. The van der Waals surface area contributed by atoms with E-state index in [0.717, 1.165) is 22.9 Å². The monoisotopic (exact) mass is 537 g/mol. The molecule has 40 heavy (non-hydrogen) atoms. The van der Waals surface area contributed by atoms with Crippen molar-refractivity contribution in [3.8, 4) is 11.1 Å². The van der Waals surface area contributed by atoms with Gasteiger partial charge in [-0.05, 0) is 77.1 Å². The average molecular weight is 538 g/mol. The van der Waals surface area contributed by atoms with Crippen LogP contribution in [0, 0.1) is 5.82 Å². The van der Waals surface area contributed by atoms with Crippen LogP contribution >= 0.6 is 7.92 Å². The van der Waals surface area contributed by atoms with Crippen LogP contribution in [0.3, 0.4) is 0 Å². The Bertz CT molecular complexity index is 1740. The normalized spacial score (nSPS) is 13.2. The number of halogens is 1. The lowest BCUT2D eigenvalue weighted by molar-refractivity contribution is 0.628. The summed E-state index contributed by atoms with van der Waals surface area (Å²) in [6.45, 7) is 0. The minimum Gasteiger partial charge on any atom is -0.252 e. The first-order valence-corrected chi connectivity index (χ1v) is 15.3. The number of fused-ring (bicyclic) bond motifs is 1. The Morgan fingerprint density at radius 1 is 0.650 bits per heavy atom. The molecule has 6 aromatic rings. The summed E-state index contributed by atoms with van der Waals surface area (Å²) in [5.41, 5.74) is 7.04. The van der Waals surface area contributed by atoms with Gasteiger partial charge in [0.2, 0.25) is 0 Å². The smallest absolute Gasteiger partial charge is 0.123 e. The number of hydrogen-bond acceptors (Lipinski definition) is 1. The van der Waals surface area contributed by atoms with Crippen molar-refractivity contribution in [1.29, 1.82) is 0 Å². The van der Waals surface area contributed by atoms with Crippen molar-refractivity contribution in [2.24, 2.45) is 0 Å². The number of hydrogen-bond donors (Lipinski definition) is 0. The molecule has 1 aliphatic rings. The Kier molecular flexibility index (Phi) is 6.71. The van der Waals surface area contributed by atoms with Gasteiger partial charge in [0, 0.05) is 23.4 Å². The second kappa shape index (κ2) is 10.8. The first-order chi connectivity index (χ1) is 19.8. The highest BCUT2D eigenvalue weighted by atomic mass is 31.1. The molecule has 1 saturated carbocycles. The zero-order valence-electron chi connectivity index (χ0n) is 22.2. The summed E-state index contributed by atoms with van der Waals surface area (Å²) in [6.07, 6.45) is 3.12. The second-order valence-corrected chi connectivity index (χ2v) is 12.6. The van der Waals surface area contributed by atoms with Crippen LogP contribution < -0.4 is 15.9 Å². The van der Waals surface area contributed by atoms with Crippen LogP contribution in [-0.2, 0) is 6.42 Å². The van der Waals surface area contributed by atoms with Gasteiger partial charge in [-0.3, -0.25) is 4.98 Å². The van der Waals surface area contributed by atoms with Gasteiger partial charge in [0.15, 0.2) is 0 Å². The molecule has 1 fully saturated rings. The van der Waals surface area contributed by atoms with E-state index in [9.17, 15) is 4.39 Å². The van der Waals surface area contributed by atoms with Gasteiger partial charge in [-0.25, -0.2) is 4.39 Å². The van der Waals surface area contributed by atoms with Crippen LogP contribution in [0.1, 0.15) is 35.6 Å². The molecule has 0 atom stereocenters. The number of rotatable bonds is 7. The van der Waals surface area contributed by atoms with Crippen LogP contribution in [0.4, 0.5) is 4.39 Å². The largest absolute Gasteiger partial charge is 0.252 e. The van der Waals surface area contributed by atoms with Crippen molar-refractivity contribution >= 4 is 34.7 Å². The highest BCUT2D eigenvalue weighted by Gasteiger charge is 2.31. The minimum atomic E-state index is -0.745. The maximum Gasteiger partial charge on any atom is 0.123 e. The molecule has 0 spiro atoms. The highest BCUT2D eigenvalue weighted by Crippen LogP contribution is 2.46. The molecule has 1 aliphatic carbocycles. The molecule has 7 rings (SSSR count). The van der Waals surface area contributed by atoms with E-state index in [-0.39, 0.29) is 5.82 Å². The van der Waals surface area contributed by atoms with Crippen molar-refractivity contribution in [2.75, 3.05) is 0 Å². The Morgan fingerprint density at radius 3 is 1.93 bits per heavy atom. The topological polar surface area (TPSA) is 12.9 Å². The Morgan fingerprint density at radius 2 is 1.25 bits per heavy atom. The molecule has 0 unspecified atom stereocenters. The van der Waals surface area contributed by atoms with Crippen molar-refractivity contribution in [2.45, 2.75) is 25.2 Å². The van der Waals surface area contributed by atoms with Gasteiger partial charge in [0.25, 0.3) is 0 Å². The van der Waals surface area contributed by atoms with Gasteiger partial charge in [-0.1, -0.05) is 115 Å². The summed E-state index contributed by atoms with van der Waals surface area (Å²) in [5.74, 6) is 0.267. The second-order valence-electron chi connectivity index (χ2n) is 10.5. The van der Waals surface area contributed by atoms with Gasteiger partial charge < -0.3 is 0 Å². The van der Waals surface area contributed by atoms with Crippen LogP contribution in [0.15, 0.2) is 133 Å². The van der Waals surface area contributed by atoms with E-state index in [2.05, 4.69) is 109 Å². The molecule has 5 aromatic carbocycles. The summed E-state index contributed by atoms with van der Waals surface area (Å²) in [7, 11) is -0.745. The zero-order valence-corrected chi connectivity index (χ0v) is 23.1. The van der Waals surface area contributed by atoms with E-state index >= 15 is 0 Å². The van der Waals surface area contributed by atoms with Gasteiger partial charge in [0.05, 0.1) is 5.52 Å². The maximum atomic E-state index is 14.0. The quantitative estimate of drug-likeness (QED) is 0.187. The molecule has 0 saturated heterocycles. The lowest BCUT2D eigenvalue weighted by Crippen LogP contribution is -2.23. The molecule has 0 N–H and O–H groups in total. The molecule has 0 radical (unpaired) electrons. The third kappa shape index (κ3) is 4.85. The van der Waals surface area contributed by atoms with E-state index in [1.165, 1.54) is 51.1 Å². The van der Waals surface area contributed by atoms with Crippen molar-refractivity contribution in [1.82, 2.24) is 4.98 Å². The summed E-state index contributed by atoms with van der Waals surface area (Å²) in [6, 6.07) is 46.1. The minimum absolute atomic E-state index is 0.215. The van der Waals surface area contributed by atoms with Gasteiger partial charge >= 0.3 is 0 Å².